The summed E-state index contributed by atoms with van der Waals surface area (Å²) in [5.74, 6) is 0.105. The van der Waals surface area contributed by atoms with Crippen molar-refractivity contribution < 1.29 is 9.66 Å². The minimum absolute atomic E-state index is 0.00171. The highest BCUT2D eigenvalue weighted by Gasteiger charge is 2.23. The van der Waals surface area contributed by atoms with Gasteiger partial charge in [0, 0.05) is 0 Å². The number of nitrogens with zero attached hydrogens (tertiary/aromatic N) is 3. The SMILES string of the molecule is C=C(OCC)c1ncnc(Cl)c1[N+](=O)[O-]. The number of nitro groups is 1. The van der Waals surface area contributed by atoms with Gasteiger partial charge in [-0.05, 0) is 6.92 Å². The van der Waals surface area contributed by atoms with Gasteiger partial charge in [-0.15, -0.1) is 0 Å². The first kappa shape index (κ1) is 11.4. The van der Waals surface area contributed by atoms with Gasteiger partial charge in [-0.3, -0.25) is 10.1 Å². The second-order valence-corrected chi connectivity index (χ2v) is 2.83. The molecule has 0 aromatic carbocycles. The molecule has 0 amide bonds. The number of ether oxygens (including phenoxy) is 1. The summed E-state index contributed by atoms with van der Waals surface area (Å²) in [6.07, 6.45) is 1.12. The molecule has 7 heteroatoms. The van der Waals surface area contributed by atoms with Crippen LogP contribution in [0.5, 0.6) is 0 Å². The summed E-state index contributed by atoms with van der Waals surface area (Å²) in [5, 5.41) is 10.5. The van der Waals surface area contributed by atoms with E-state index < -0.39 is 10.6 Å². The van der Waals surface area contributed by atoms with Crippen LogP contribution < -0.4 is 0 Å². The highest BCUT2D eigenvalue weighted by atomic mass is 35.5. The number of rotatable bonds is 4. The minimum Gasteiger partial charge on any atom is -0.492 e. The van der Waals surface area contributed by atoms with Crippen molar-refractivity contribution in [3.05, 3.63) is 33.9 Å². The summed E-state index contributed by atoms with van der Waals surface area (Å²) in [6, 6.07) is 0. The van der Waals surface area contributed by atoms with Crippen LogP contribution >= 0.6 is 11.6 Å². The Morgan fingerprint density at radius 2 is 2.40 bits per heavy atom. The monoisotopic (exact) mass is 229 g/mol. The van der Waals surface area contributed by atoms with Crippen molar-refractivity contribution in [2.24, 2.45) is 0 Å². The van der Waals surface area contributed by atoms with Crippen molar-refractivity contribution in [3.8, 4) is 0 Å². The Labute approximate surface area is 90.7 Å². The summed E-state index contributed by atoms with van der Waals surface area (Å²) in [6.45, 7) is 5.60. The second-order valence-electron chi connectivity index (χ2n) is 2.47. The lowest BCUT2D eigenvalue weighted by molar-refractivity contribution is -0.385. The average molecular weight is 230 g/mol. The zero-order valence-corrected chi connectivity index (χ0v) is 8.69. The zero-order chi connectivity index (χ0) is 11.4. The molecule has 0 unspecified atom stereocenters. The Hall–Kier alpha value is -1.69. The van der Waals surface area contributed by atoms with Crippen LogP contribution in [0.15, 0.2) is 12.9 Å². The van der Waals surface area contributed by atoms with Crippen molar-refractivity contribution in [2.45, 2.75) is 6.92 Å². The van der Waals surface area contributed by atoms with Crippen LogP contribution in [0.1, 0.15) is 12.6 Å². The van der Waals surface area contributed by atoms with Gasteiger partial charge in [0.2, 0.25) is 5.15 Å². The van der Waals surface area contributed by atoms with E-state index >= 15 is 0 Å². The molecule has 6 nitrogen and oxygen atoms in total. The Balaban J connectivity index is 3.23. The number of aromatic nitrogens is 2. The summed E-state index contributed by atoms with van der Waals surface area (Å²) in [7, 11) is 0. The number of halogens is 1. The van der Waals surface area contributed by atoms with E-state index in [1.54, 1.807) is 6.92 Å². The normalized spacial score (nSPS) is 9.73. The molecule has 0 spiro atoms. The maximum Gasteiger partial charge on any atom is 0.335 e. The molecule has 0 aliphatic carbocycles. The van der Waals surface area contributed by atoms with Crippen molar-refractivity contribution in [3.63, 3.8) is 0 Å². The Morgan fingerprint density at radius 3 is 2.93 bits per heavy atom. The van der Waals surface area contributed by atoms with E-state index in [0.717, 1.165) is 6.33 Å². The molecule has 0 fully saturated rings. The van der Waals surface area contributed by atoms with E-state index in [9.17, 15) is 10.1 Å². The van der Waals surface area contributed by atoms with Gasteiger partial charge >= 0.3 is 5.69 Å². The maximum atomic E-state index is 10.7. The van der Waals surface area contributed by atoms with Gasteiger partial charge in [-0.2, -0.15) is 0 Å². The van der Waals surface area contributed by atoms with Gasteiger partial charge in [0.15, 0.2) is 5.69 Å². The highest BCUT2D eigenvalue weighted by molar-refractivity contribution is 6.31. The van der Waals surface area contributed by atoms with E-state index in [1.165, 1.54) is 0 Å². The van der Waals surface area contributed by atoms with Crippen molar-refractivity contribution >= 4 is 23.0 Å². The topological polar surface area (TPSA) is 78.2 Å². The maximum absolute atomic E-state index is 10.7. The summed E-state index contributed by atoms with van der Waals surface area (Å²) in [5.41, 5.74) is -0.389. The number of hydrogen-bond acceptors (Lipinski definition) is 5. The molecule has 0 aliphatic rings. The molecule has 80 valence electrons. The van der Waals surface area contributed by atoms with Gasteiger partial charge in [-0.25, -0.2) is 9.97 Å². The molecule has 1 aromatic heterocycles. The van der Waals surface area contributed by atoms with Crippen molar-refractivity contribution in [1.82, 2.24) is 9.97 Å². The first-order chi connectivity index (χ1) is 7.07. The fourth-order valence-corrected chi connectivity index (χ4v) is 1.17. The molecule has 0 aliphatic heterocycles. The fourth-order valence-electron chi connectivity index (χ4n) is 0.966. The third-order valence-corrected chi connectivity index (χ3v) is 1.82. The Bertz CT molecular complexity index is 408. The molecule has 0 N–H and O–H groups in total. The quantitative estimate of drug-likeness (QED) is 0.342. The Kier molecular flexibility index (Phi) is 3.56. The van der Waals surface area contributed by atoms with Gasteiger partial charge in [0.25, 0.3) is 0 Å². The van der Waals surface area contributed by atoms with Crippen LogP contribution in [-0.4, -0.2) is 21.5 Å². The third-order valence-electron chi connectivity index (χ3n) is 1.54. The molecule has 1 aromatic rings. The van der Waals surface area contributed by atoms with Crippen LogP contribution in [0, 0.1) is 10.1 Å². The summed E-state index contributed by atoms with van der Waals surface area (Å²) >= 11 is 5.58. The molecule has 0 radical (unpaired) electrons. The lowest BCUT2D eigenvalue weighted by atomic mass is 10.3. The van der Waals surface area contributed by atoms with E-state index in [2.05, 4.69) is 16.5 Å². The van der Waals surface area contributed by atoms with E-state index in [0.29, 0.717) is 6.61 Å². The van der Waals surface area contributed by atoms with E-state index in [-0.39, 0.29) is 16.6 Å². The molecule has 0 bridgehead atoms. The largest absolute Gasteiger partial charge is 0.492 e. The predicted molar refractivity (Wildman–Crippen MR) is 54.4 cm³/mol. The van der Waals surface area contributed by atoms with Crippen molar-refractivity contribution in [1.29, 1.82) is 0 Å². The molecular weight excluding hydrogens is 222 g/mol. The second kappa shape index (κ2) is 4.70. The lowest BCUT2D eigenvalue weighted by Crippen LogP contribution is -2.02. The molecule has 0 saturated carbocycles. The highest BCUT2D eigenvalue weighted by Crippen LogP contribution is 2.28. The molecule has 0 saturated heterocycles. The summed E-state index contributed by atoms with van der Waals surface area (Å²) < 4.78 is 5.03. The fraction of sp³-hybridized carbons (Fsp3) is 0.250. The smallest absolute Gasteiger partial charge is 0.335 e. The molecule has 1 heterocycles. The van der Waals surface area contributed by atoms with Crippen LogP contribution in [0.25, 0.3) is 5.76 Å². The van der Waals surface area contributed by atoms with Crippen molar-refractivity contribution in [2.75, 3.05) is 6.61 Å². The molecule has 1 rings (SSSR count). The van der Waals surface area contributed by atoms with Gasteiger partial charge < -0.3 is 4.74 Å². The van der Waals surface area contributed by atoms with Gasteiger partial charge in [0.05, 0.1) is 11.5 Å². The van der Waals surface area contributed by atoms with Crippen LogP contribution in [0.3, 0.4) is 0 Å². The van der Waals surface area contributed by atoms with E-state index in [4.69, 9.17) is 16.3 Å². The lowest BCUT2D eigenvalue weighted by Gasteiger charge is -2.06. The summed E-state index contributed by atoms with van der Waals surface area (Å²) in [4.78, 5) is 17.3. The van der Waals surface area contributed by atoms with E-state index in [1.807, 2.05) is 0 Å². The van der Waals surface area contributed by atoms with Gasteiger partial charge in [0.1, 0.15) is 12.1 Å². The first-order valence-electron chi connectivity index (χ1n) is 4.04. The zero-order valence-electron chi connectivity index (χ0n) is 7.94. The third kappa shape index (κ3) is 2.41. The predicted octanol–water partition coefficient (Wildman–Crippen LogP) is 2.05. The minimum atomic E-state index is -0.665. The molecule has 0 atom stereocenters. The molecular formula is C8H8ClN3O3. The molecule has 15 heavy (non-hydrogen) atoms. The standard InChI is InChI=1S/C8H8ClN3O3/c1-3-15-5(2)6-7(12(13)14)8(9)11-4-10-6/h4H,2-3H2,1H3. The average Bonchev–Trinajstić information content (AvgIpc) is 2.17. The van der Waals surface area contributed by atoms with Crippen LogP contribution in [-0.2, 0) is 4.74 Å². The Morgan fingerprint density at radius 1 is 1.73 bits per heavy atom. The first-order valence-corrected chi connectivity index (χ1v) is 4.42. The van der Waals surface area contributed by atoms with Crippen LogP contribution in [0.4, 0.5) is 5.69 Å². The number of hydrogen-bond donors (Lipinski definition) is 0. The van der Waals surface area contributed by atoms with Crippen LogP contribution in [0.2, 0.25) is 5.15 Å². The van der Waals surface area contributed by atoms with Gasteiger partial charge in [-0.1, -0.05) is 18.2 Å².